The van der Waals surface area contributed by atoms with Crippen molar-refractivity contribution in [3.63, 3.8) is 0 Å². The van der Waals surface area contributed by atoms with Crippen LogP contribution in [0.25, 0.3) is 0 Å². The number of ether oxygens (including phenoxy) is 2. The number of hydrogen-bond donors (Lipinski definition) is 1. The largest absolute Gasteiger partial charge is 0.490 e. The third kappa shape index (κ3) is 4.63. The Kier molecular flexibility index (Phi) is 6.52. The Morgan fingerprint density at radius 3 is 2.68 bits per heavy atom. The van der Waals surface area contributed by atoms with Gasteiger partial charge in [-0.15, -0.1) is 0 Å². The first-order valence-electron chi connectivity index (χ1n) is 8.04. The Morgan fingerprint density at radius 1 is 1.27 bits per heavy atom. The lowest BCUT2D eigenvalue weighted by Gasteiger charge is -2.32. The Labute approximate surface area is 131 Å². The number of carboxylic acids is 1. The molecule has 0 spiro atoms. The molecule has 0 aromatic heterocycles. The van der Waals surface area contributed by atoms with Gasteiger partial charge < -0.3 is 14.6 Å². The lowest BCUT2D eigenvalue weighted by molar-refractivity contribution is -0.144. The minimum absolute atomic E-state index is 0.329. The molecule has 0 radical (unpaired) electrons. The van der Waals surface area contributed by atoms with Gasteiger partial charge in [0.25, 0.3) is 0 Å². The highest BCUT2D eigenvalue weighted by Gasteiger charge is 2.27. The number of hydrogen-bond acceptors (Lipinski definition) is 4. The van der Waals surface area contributed by atoms with Crippen LogP contribution in [0.4, 0.5) is 0 Å². The zero-order valence-electron chi connectivity index (χ0n) is 13.2. The van der Waals surface area contributed by atoms with Crippen LogP contribution < -0.4 is 9.47 Å². The Morgan fingerprint density at radius 2 is 2.00 bits per heavy atom. The number of carbonyl (C=O) groups is 1. The summed E-state index contributed by atoms with van der Waals surface area (Å²) in [5.74, 6) is 0.798. The van der Waals surface area contributed by atoms with Gasteiger partial charge in [-0.2, -0.15) is 0 Å². The number of rotatable bonds is 8. The summed E-state index contributed by atoms with van der Waals surface area (Å²) in [6.07, 6.45) is 3.65. The van der Waals surface area contributed by atoms with E-state index in [4.69, 9.17) is 9.47 Å². The molecular formula is C17H25NO4. The van der Waals surface area contributed by atoms with Gasteiger partial charge in [0.15, 0.2) is 11.5 Å². The predicted molar refractivity (Wildman–Crippen MR) is 84.6 cm³/mol. The summed E-state index contributed by atoms with van der Waals surface area (Å²) in [5, 5.41) is 9.25. The lowest BCUT2D eigenvalue weighted by Crippen LogP contribution is -2.45. The van der Waals surface area contributed by atoms with Gasteiger partial charge in [0.05, 0.1) is 13.2 Å². The average Bonchev–Trinajstić information content (AvgIpc) is 2.53. The topological polar surface area (TPSA) is 59.0 Å². The second-order valence-corrected chi connectivity index (χ2v) is 5.47. The highest BCUT2D eigenvalue weighted by Crippen LogP contribution is 2.26. The van der Waals surface area contributed by atoms with E-state index in [0.29, 0.717) is 13.2 Å². The highest BCUT2D eigenvalue weighted by atomic mass is 16.5. The number of likely N-dealkylation sites (tertiary alicyclic amines) is 1. The fourth-order valence-electron chi connectivity index (χ4n) is 2.83. The van der Waals surface area contributed by atoms with Crippen molar-refractivity contribution in [1.29, 1.82) is 0 Å². The van der Waals surface area contributed by atoms with E-state index in [1.807, 2.05) is 31.2 Å². The molecule has 5 heteroatoms. The third-order valence-electron chi connectivity index (χ3n) is 3.89. The van der Waals surface area contributed by atoms with Gasteiger partial charge in [-0.3, -0.25) is 9.69 Å². The van der Waals surface area contributed by atoms with Crippen LogP contribution in [-0.4, -0.2) is 48.3 Å². The molecule has 1 atom stereocenters. The van der Waals surface area contributed by atoms with Gasteiger partial charge in [-0.05, 0) is 44.9 Å². The van der Waals surface area contributed by atoms with Crippen LogP contribution in [0.3, 0.4) is 0 Å². The zero-order chi connectivity index (χ0) is 15.8. The lowest BCUT2D eigenvalue weighted by atomic mass is 10.0. The van der Waals surface area contributed by atoms with E-state index in [1.165, 1.54) is 0 Å². The highest BCUT2D eigenvalue weighted by molar-refractivity contribution is 5.73. The summed E-state index contributed by atoms with van der Waals surface area (Å²) in [7, 11) is 0. The van der Waals surface area contributed by atoms with E-state index < -0.39 is 5.97 Å². The minimum atomic E-state index is -0.706. The van der Waals surface area contributed by atoms with Crippen molar-refractivity contribution in [3.05, 3.63) is 24.3 Å². The maximum atomic E-state index is 11.2. The maximum absolute atomic E-state index is 11.2. The molecule has 1 aromatic carbocycles. The first-order chi connectivity index (χ1) is 10.7. The summed E-state index contributed by atoms with van der Waals surface area (Å²) >= 11 is 0. The minimum Gasteiger partial charge on any atom is -0.490 e. The van der Waals surface area contributed by atoms with E-state index in [9.17, 15) is 9.90 Å². The molecule has 1 heterocycles. The first-order valence-corrected chi connectivity index (χ1v) is 8.04. The van der Waals surface area contributed by atoms with Gasteiger partial charge in [0.2, 0.25) is 0 Å². The standard InChI is InChI=1S/C17H25NO4/c1-2-21-15-9-3-4-10-16(15)22-13-7-12-18-11-6-5-8-14(18)17(19)20/h3-4,9-10,14H,2,5-8,11-13H2,1H3,(H,19,20). The smallest absolute Gasteiger partial charge is 0.320 e. The average molecular weight is 307 g/mol. The van der Waals surface area contributed by atoms with Crippen molar-refractivity contribution >= 4 is 5.97 Å². The number of para-hydroxylation sites is 2. The van der Waals surface area contributed by atoms with E-state index in [-0.39, 0.29) is 6.04 Å². The van der Waals surface area contributed by atoms with Crippen molar-refractivity contribution in [3.8, 4) is 11.5 Å². The Hall–Kier alpha value is -1.75. The van der Waals surface area contributed by atoms with E-state index in [2.05, 4.69) is 4.90 Å². The van der Waals surface area contributed by atoms with Crippen LogP contribution >= 0.6 is 0 Å². The summed E-state index contributed by atoms with van der Waals surface area (Å²) < 4.78 is 11.3. The summed E-state index contributed by atoms with van der Waals surface area (Å²) in [6, 6.07) is 7.30. The summed E-state index contributed by atoms with van der Waals surface area (Å²) in [5.41, 5.74) is 0. The molecular weight excluding hydrogens is 282 g/mol. The number of aliphatic carboxylic acids is 1. The fraction of sp³-hybridized carbons (Fsp3) is 0.588. The number of piperidine rings is 1. The number of carboxylic acid groups (broad SMARTS) is 1. The monoisotopic (exact) mass is 307 g/mol. The molecule has 122 valence electrons. The SMILES string of the molecule is CCOc1ccccc1OCCCN1CCCCC1C(=O)O. The van der Waals surface area contributed by atoms with Crippen molar-refractivity contribution in [2.75, 3.05) is 26.3 Å². The molecule has 0 amide bonds. The molecule has 1 saturated heterocycles. The molecule has 0 saturated carbocycles. The fourth-order valence-corrected chi connectivity index (χ4v) is 2.83. The van der Waals surface area contributed by atoms with Crippen LogP contribution in [0, 0.1) is 0 Å². The van der Waals surface area contributed by atoms with Crippen LogP contribution in [0.1, 0.15) is 32.6 Å². The normalized spacial score (nSPS) is 18.9. The van der Waals surface area contributed by atoms with Crippen molar-refractivity contribution in [1.82, 2.24) is 4.90 Å². The van der Waals surface area contributed by atoms with Crippen LogP contribution in [0.2, 0.25) is 0 Å². The maximum Gasteiger partial charge on any atom is 0.320 e. The van der Waals surface area contributed by atoms with Crippen LogP contribution in [0.15, 0.2) is 24.3 Å². The second-order valence-electron chi connectivity index (χ2n) is 5.47. The number of nitrogens with zero attached hydrogens (tertiary/aromatic N) is 1. The molecule has 2 rings (SSSR count). The first kappa shape index (κ1) is 16.6. The molecule has 1 unspecified atom stereocenters. The van der Waals surface area contributed by atoms with Crippen molar-refractivity contribution in [2.45, 2.75) is 38.6 Å². The van der Waals surface area contributed by atoms with E-state index in [0.717, 1.165) is 50.3 Å². The van der Waals surface area contributed by atoms with Crippen LogP contribution in [0.5, 0.6) is 11.5 Å². The number of benzene rings is 1. The van der Waals surface area contributed by atoms with Gasteiger partial charge in [0, 0.05) is 6.54 Å². The predicted octanol–water partition coefficient (Wildman–Crippen LogP) is 2.79. The van der Waals surface area contributed by atoms with E-state index in [1.54, 1.807) is 0 Å². The zero-order valence-corrected chi connectivity index (χ0v) is 13.2. The molecule has 1 N–H and O–H groups in total. The van der Waals surface area contributed by atoms with Crippen molar-refractivity contribution in [2.24, 2.45) is 0 Å². The molecule has 22 heavy (non-hydrogen) atoms. The Bertz CT molecular complexity index is 477. The molecule has 1 fully saturated rings. The molecule has 1 aliphatic heterocycles. The van der Waals surface area contributed by atoms with Gasteiger partial charge in [0.1, 0.15) is 6.04 Å². The molecule has 5 nitrogen and oxygen atoms in total. The second kappa shape index (κ2) is 8.63. The molecule has 1 aliphatic rings. The summed E-state index contributed by atoms with van der Waals surface area (Å²) in [6.45, 7) is 4.74. The summed E-state index contributed by atoms with van der Waals surface area (Å²) in [4.78, 5) is 13.3. The molecule has 1 aromatic rings. The third-order valence-corrected chi connectivity index (χ3v) is 3.89. The van der Waals surface area contributed by atoms with Crippen molar-refractivity contribution < 1.29 is 19.4 Å². The molecule has 0 aliphatic carbocycles. The van der Waals surface area contributed by atoms with E-state index >= 15 is 0 Å². The molecule has 0 bridgehead atoms. The van der Waals surface area contributed by atoms with Gasteiger partial charge in [-0.1, -0.05) is 18.6 Å². The quantitative estimate of drug-likeness (QED) is 0.748. The Balaban J connectivity index is 1.78. The van der Waals surface area contributed by atoms with Gasteiger partial charge >= 0.3 is 5.97 Å². The van der Waals surface area contributed by atoms with Gasteiger partial charge in [-0.25, -0.2) is 0 Å². The van der Waals surface area contributed by atoms with Crippen LogP contribution in [-0.2, 0) is 4.79 Å².